The zero-order chi connectivity index (χ0) is 17.4. The van der Waals surface area contributed by atoms with Crippen LogP contribution in [0.25, 0.3) is 16.8 Å². The average molecular weight is 341 g/mol. The molecule has 0 aliphatic heterocycles. The lowest BCUT2D eigenvalue weighted by Gasteiger charge is -2.12. The summed E-state index contributed by atoms with van der Waals surface area (Å²) < 4.78 is 22.8. The van der Waals surface area contributed by atoms with Crippen LogP contribution in [0.5, 0.6) is 0 Å². The van der Waals surface area contributed by atoms with Crippen LogP contribution in [0.15, 0.2) is 59.9 Å². The van der Waals surface area contributed by atoms with Crippen LogP contribution in [0.4, 0.5) is 0 Å². The molecule has 0 aromatic heterocycles. The lowest BCUT2D eigenvalue weighted by molar-refractivity contribution is 0.229. The molecule has 0 aliphatic rings. The first-order valence-corrected chi connectivity index (χ1v) is 9.40. The fourth-order valence-corrected chi connectivity index (χ4v) is 3.63. The van der Waals surface area contributed by atoms with Crippen molar-refractivity contribution < 1.29 is 13.6 Å². The summed E-state index contributed by atoms with van der Waals surface area (Å²) in [7, 11) is -3.31. The van der Waals surface area contributed by atoms with Crippen molar-refractivity contribution in [3.8, 4) is 6.07 Å². The van der Waals surface area contributed by atoms with E-state index >= 15 is 0 Å². The number of nitrogens with zero attached hydrogens (tertiary/aromatic N) is 1. The van der Waals surface area contributed by atoms with Crippen molar-refractivity contribution in [1.29, 1.82) is 5.26 Å². The summed E-state index contributed by atoms with van der Waals surface area (Å²) in [4.78, 5) is 0. The van der Waals surface area contributed by atoms with Gasteiger partial charge in [-0.25, -0.2) is 0 Å². The fraction of sp³-hybridized carbons (Fsp3) is 0.211. The van der Waals surface area contributed by atoms with Gasteiger partial charge in [-0.05, 0) is 42.3 Å². The topological polar surface area (TPSA) is 59.3 Å². The summed E-state index contributed by atoms with van der Waals surface area (Å²) in [5.41, 5.74) is 1.31. The van der Waals surface area contributed by atoms with Crippen molar-refractivity contribution in [1.82, 2.24) is 0 Å². The fourth-order valence-electron chi connectivity index (χ4n) is 2.32. The highest BCUT2D eigenvalue weighted by Gasteiger charge is 2.18. The Morgan fingerprint density at radius 1 is 1.12 bits per heavy atom. The van der Waals surface area contributed by atoms with E-state index in [0.717, 1.165) is 16.3 Å². The molecule has 4 nitrogen and oxygen atoms in total. The normalized spacial score (nSPS) is 12.6. The number of allylic oxidation sites excluding steroid dienone is 2. The molecular formula is C19H20NO3P. The minimum absolute atomic E-state index is 0.274. The number of nitriles is 1. The molecule has 2 aromatic rings. The van der Waals surface area contributed by atoms with Gasteiger partial charge in [0.05, 0.1) is 24.9 Å². The second kappa shape index (κ2) is 8.61. The monoisotopic (exact) mass is 341 g/mol. The van der Waals surface area contributed by atoms with Gasteiger partial charge in [-0.1, -0.05) is 42.5 Å². The Morgan fingerprint density at radius 3 is 2.46 bits per heavy atom. The van der Waals surface area contributed by atoms with E-state index in [1.165, 1.54) is 11.9 Å². The largest absolute Gasteiger partial charge is 0.354 e. The molecule has 2 rings (SSSR count). The molecule has 0 fully saturated rings. The van der Waals surface area contributed by atoms with Crippen molar-refractivity contribution in [2.75, 3.05) is 13.2 Å². The van der Waals surface area contributed by atoms with E-state index in [1.54, 1.807) is 19.9 Å². The first-order valence-electron chi connectivity index (χ1n) is 7.79. The molecule has 0 spiro atoms. The van der Waals surface area contributed by atoms with Gasteiger partial charge in [0.15, 0.2) is 0 Å². The maximum absolute atomic E-state index is 12.4. The van der Waals surface area contributed by atoms with Crippen molar-refractivity contribution in [2.45, 2.75) is 13.8 Å². The second-order valence-electron chi connectivity index (χ2n) is 4.97. The van der Waals surface area contributed by atoms with Crippen LogP contribution in [0.3, 0.4) is 0 Å². The van der Waals surface area contributed by atoms with Gasteiger partial charge in [0.25, 0.3) is 0 Å². The molecule has 0 heterocycles. The number of rotatable bonds is 7. The van der Waals surface area contributed by atoms with Gasteiger partial charge in [-0.15, -0.1) is 0 Å². The van der Waals surface area contributed by atoms with Gasteiger partial charge in [-0.3, -0.25) is 4.57 Å². The summed E-state index contributed by atoms with van der Waals surface area (Å²) in [6, 6.07) is 16.0. The van der Waals surface area contributed by atoms with Crippen LogP contribution in [0.1, 0.15) is 19.4 Å². The maximum atomic E-state index is 12.4. The standard InChI is InChI=1S/C19H20NO3P/c1-3-22-24(21,23-4-2)13-12-16(15-20)14-18-10-7-9-17-8-5-6-11-19(17)18/h5-14H,3-4H2,1-2H3/b13-12+,16-14-. The molecule has 0 saturated heterocycles. The summed E-state index contributed by atoms with van der Waals surface area (Å²) in [5, 5.41) is 11.5. The van der Waals surface area contributed by atoms with Crippen LogP contribution in [-0.4, -0.2) is 13.2 Å². The number of benzene rings is 2. The van der Waals surface area contributed by atoms with Crippen LogP contribution in [0.2, 0.25) is 0 Å². The molecule has 124 valence electrons. The third kappa shape index (κ3) is 4.66. The number of fused-ring (bicyclic) bond motifs is 1. The highest BCUT2D eigenvalue weighted by molar-refractivity contribution is 7.57. The summed E-state index contributed by atoms with van der Waals surface area (Å²) in [5.74, 6) is 1.35. The first-order chi connectivity index (χ1) is 11.6. The van der Waals surface area contributed by atoms with Gasteiger partial charge in [-0.2, -0.15) is 5.26 Å². The number of hydrogen-bond donors (Lipinski definition) is 0. The van der Waals surface area contributed by atoms with E-state index < -0.39 is 7.60 Å². The lowest BCUT2D eigenvalue weighted by Crippen LogP contribution is -1.92. The molecule has 0 aliphatic carbocycles. The SMILES string of the molecule is CCOP(=O)(/C=C/C(C#N)=C/c1cccc2ccccc12)OCC. The molecule has 0 N–H and O–H groups in total. The van der Waals surface area contributed by atoms with E-state index in [2.05, 4.69) is 6.07 Å². The van der Waals surface area contributed by atoms with Crippen LogP contribution < -0.4 is 0 Å². The Morgan fingerprint density at radius 2 is 1.79 bits per heavy atom. The Balaban J connectivity index is 2.37. The Hall–Kier alpha value is -2.18. The highest BCUT2D eigenvalue weighted by Crippen LogP contribution is 2.49. The Labute approximate surface area is 142 Å². The van der Waals surface area contributed by atoms with Gasteiger partial charge in [0.1, 0.15) is 0 Å². The minimum Gasteiger partial charge on any atom is -0.306 e. The Kier molecular flexibility index (Phi) is 6.52. The summed E-state index contributed by atoms with van der Waals surface area (Å²) >= 11 is 0. The molecule has 0 unspecified atom stereocenters. The van der Waals surface area contributed by atoms with E-state index in [0.29, 0.717) is 5.57 Å². The van der Waals surface area contributed by atoms with Gasteiger partial charge in [0, 0.05) is 5.82 Å². The predicted octanol–water partition coefficient (Wildman–Crippen LogP) is 5.53. The van der Waals surface area contributed by atoms with E-state index in [9.17, 15) is 9.83 Å². The quantitative estimate of drug-likeness (QED) is 0.377. The molecule has 0 bridgehead atoms. The van der Waals surface area contributed by atoms with Gasteiger partial charge < -0.3 is 9.05 Å². The van der Waals surface area contributed by atoms with E-state index in [-0.39, 0.29) is 13.2 Å². The van der Waals surface area contributed by atoms with E-state index in [1.807, 2.05) is 42.5 Å². The third-order valence-electron chi connectivity index (χ3n) is 3.32. The molecule has 0 amide bonds. The predicted molar refractivity (Wildman–Crippen MR) is 97.5 cm³/mol. The molecule has 0 saturated carbocycles. The zero-order valence-corrected chi connectivity index (χ0v) is 14.7. The third-order valence-corrected chi connectivity index (χ3v) is 5.07. The maximum Gasteiger partial charge on any atom is 0.354 e. The molecule has 0 atom stereocenters. The minimum atomic E-state index is -3.31. The molecule has 24 heavy (non-hydrogen) atoms. The Bertz CT molecular complexity index is 834. The van der Waals surface area contributed by atoms with Gasteiger partial charge in [0.2, 0.25) is 0 Å². The van der Waals surface area contributed by atoms with Crippen molar-refractivity contribution in [2.24, 2.45) is 0 Å². The molecular weight excluding hydrogens is 321 g/mol. The summed E-state index contributed by atoms with van der Waals surface area (Å²) in [6.07, 6.45) is 3.26. The van der Waals surface area contributed by atoms with Crippen LogP contribution in [-0.2, 0) is 13.6 Å². The molecule has 5 heteroatoms. The summed E-state index contributed by atoms with van der Waals surface area (Å²) in [6.45, 7) is 4.04. The van der Waals surface area contributed by atoms with Crippen molar-refractivity contribution in [3.05, 3.63) is 65.5 Å². The molecule has 2 aromatic carbocycles. The van der Waals surface area contributed by atoms with Crippen molar-refractivity contribution in [3.63, 3.8) is 0 Å². The zero-order valence-electron chi connectivity index (χ0n) is 13.8. The van der Waals surface area contributed by atoms with Crippen LogP contribution >= 0.6 is 7.60 Å². The van der Waals surface area contributed by atoms with Crippen molar-refractivity contribution >= 4 is 24.4 Å². The smallest absolute Gasteiger partial charge is 0.306 e. The first kappa shape index (κ1) is 18.2. The average Bonchev–Trinajstić information content (AvgIpc) is 2.59. The molecule has 0 radical (unpaired) electrons. The number of hydrogen-bond acceptors (Lipinski definition) is 4. The second-order valence-corrected chi connectivity index (χ2v) is 6.87. The highest BCUT2D eigenvalue weighted by atomic mass is 31.2. The van der Waals surface area contributed by atoms with E-state index in [4.69, 9.17) is 9.05 Å². The lowest BCUT2D eigenvalue weighted by atomic mass is 10.0. The van der Waals surface area contributed by atoms with Gasteiger partial charge >= 0.3 is 7.60 Å². The van der Waals surface area contributed by atoms with Crippen LogP contribution in [0, 0.1) is 11.3 Å².